The van der Waals surface area contributed by atoms with Crippen molar-refractivity contribution >= 4 is 22.2 Å². The van der Waals surface area contributed by atoms with E-state index >= 15 is 0 Å². The minimum absolute atomic E-state index is 0.110. The van der Waals surface area contributed by atoms with Crippen LogP contribution >= 0.6 is 12.2 Å². The molecule has 10 heteroatoms. The second kappa shape index (κ2) is 8.01. The van der Waals surface area contributed by atoms with Gasteiger partial charge in [-0.05, 0) is 43.4 Å². The lowest BCUT2D eigenvalue weighted by Crippen LogP contribution is -2.48. The molecule has 3 rings (SSSR count). The minimum atomic E-state index is -3.61. The van der Waals surface area contributed by atoms with Crippen molar-refractivity contribution in [1.82, 2.24) is 23.6 Å². The van der Waals surface area contributed by atoms with Gasteiger partial charge in [0, 0.05) is 32.7 Å². The summed E-state index contributed by atoms with van der Waals surface area (Å²) in [7, 11) is -3.61. The van der Waals surface area contributed by atoms with Crippen LogP contribution in [0, 0.1) is 17.5 Å². The Labute approximate surface area is 163 Å². The number of hydrogen-bond donors (Lipinski definition) is 0. The van der Waals surface area contributed by atoms with Gasteiger partial charge in [0.05, 0.1) is 11.6 Å². The lowest BCUT2D eigenvalue weighted by Gasteiger charge is -2.33. The zero-order chi connectivity index (χ0) is 19.6. The first-order chi connectivity index (χ1) is 12.8. The fraction of sp³-hybridized carbons (Fsp3) is 0.412. The summed E-state index contributed by atoms with van der Waals surface area (Å²) in [6.45, 7) is 8.58. The molecule has 27 heavy (non-hydrogen) atoms. The van der Waals surface area contributed by atoms with Crippen molar-refractivity contribution in [2.24, 2.45) is 0 Å². The third-order valence-corrected chi connectivity index (χ3v) is 6.88. The Kier molecular flexibility index (Phi) is 5.89. The first-order valence-electron chi connectivity index (χ1n) is 8.56. The van der Waals surface area contributed by atoms with Crippen LogP contribution in [0.2, 0.25) is 0 Å². The molecule has 0 atom stereocenters. The molecule has 0 unspecified atom stereocenters. The van der Waals surface area contributed by atoms with Gasteiger partial charge in [-0.2, -0.15) is 9.40 Å². The summed E-state index contributed by atoms with van der Waals surface area (Å²) < 4.78 is 44.1. The maximum Gasteiger partial charge on any atom is 0.243 e. The minimum Gasteiger partial charge on any atom is -0.300 e. The monoisotopic (exact) mass is 411 g/mol. The topological polar surface area (TPSA) is 63.4 Å². The Bertz CT molecular complexity index is 974. The normalized spacial score (nSPS) is 16.5. The van der Waals surface area contributed by atoms with Crippen LogP contribution in [0.4, 0.5) is 4.39 Å². The number of hydrogen-bond acceptors (Lipinski definition) is 5. The third-order valence-electron chi connectivity index (χ3n) is 4.54. The molecule has 0 N–H and O–H groups in total. The van der Waals surface area contributed by atoms with E-state index in [0.29, 0.717) is 44.2 Å². The molecule has 146 valence electrons. The molecule has 0 spiro atoms. The van der Waals surface area contributed by atoms with Gasteiger partial charge in [0.2, 0.25) is 10.0 Å². The van der Waals surface area contributed by atoms with Crippen molar-refractivity contribution < 1.29 is 12.8 Å². The van der Waals surface area contributed by atoms with Crippen molar-refractivity contribution in [2.45, 2.75) is 25.0 Å². The lowest BCUT2D eigenvalue weighted by molar-refractivity contribution is 0.144. The number of aromatic nitrogens is 3. The first kappa shape index (κ1) is 19.9. The summed E-state index contributed by atoms with van der Waals surface area (Å²) in [5, 5.41) is 4.47. The molecule has 2 aromatic rings. The van der Waals surface area contributed by atoms with Crippen molar-refractivity contribution in [3.05, 3.63) is 53.3 Å². The molecule has 1 fully saturated rings. The van der Waals surface area contributed by atoms with E-state index in [2.05, 4.69) is 16.6 Å². The van der Waals surface area contributed by atoms with E-state index in [4.69, 9.17) is 12.2 Å². The highest BCUT2D eigenvalue weighted by molar-refractivity contribution is 7.89. The standard InChI is InChI=1S/C17H22FN5O2S2/c1-3-8-22-14(2)19-23(17(22)26)13-20-9-11-21(12-10-20)27(24,25)16-6-4-15(18)5-7-16/h3-7H,1,8-13H2,2H3. The van der Waals surface area contributed by atoms with Gasteiger partial charge < -0.3 is 4.57 Å². The molecular weight excluding hydrogens is 389 g/mol. The number of halogens is 1. The molecular formula is C17H22FN5O2S2. The maximum atomic E-state index is 13.0. The van der Waals surface area contributed by atoms with E-state index in [0.717, 1.165) is 18.0 Å². The second-order valence-corrected chi connectivity index (χ2v) is 8.65. The van der Waals surface area contributed by atoms with E-state index in [9.17, 15) is 12.8 Å². The van der Waals surface area contributed by atoms with Gasteiger partial charge in [0.25, 0.3) is 0 Å². The molecule has 0 radical (unpaired) electrons. The van der Waals surface area contributed by atoms with Crippen molar-refractivity contribution in [2.75, 3.05) is 26.2 Å². The van der Waals surface area contributed by atoms with Crippen LogP contribution in [-0.4, -0.2) is 58.1 Å². The van der Waals surface area contributed by atoms with E-state index in [1.165, 1.54) is 16.4 Å². The van der Waals surface area contributed by atoms with E-state index in [1.54, 1.807) is 10.8 Å². The number of nitrogens with zero attached hydrogens (tertiary/aromatic N) is 5. The highest BCUT2D eigenvalue weighted by Gasteiger charge is 2.28. The number of rotatable bonds is 6. The highest BCUT2D eigenvalue weighted by atomic mass is 32.2. The fourth-order valence-electron chi connectivity index (χ4n) is 3.04. The molecule has 0 amide bonds. The number of aryl methyl sites for hydroxylation is 1. The number of allylic oxidation sites excluding steroid dienone is 1. The van der Waals surface area contributed by atoms with Gasteiger partial charge in [-0.3, -0.25) is 4.90 Å². The van der Waals surface area contributed by atoms with E-state index < -0.39 is 15.8 Å². The van der Waals surface area contributed by atoms with Gasteiger partial charge in [0.15, 0.2) is 4.77 Å². The first-order valence-corrected chi connectivity index (χ1v) is 10.4. The van der Waals surface area contributed by atoms with Crippen LogP contribution in [0.15, 0.2) is 41.8 Å². The Morgan fingerprint density at radius 2 is 1.85 bits per heavy atom. The Hall–Kier alpha value is -1.88. The zero-order valence-electron chi connectivity index (χ0n) is 15.1. The van der Waals surface area contributed by atoms with Gasteiger partial charge in [-0.15, -0.1) is 6.58 Å². The SMILES string of the molecule is C=CCn1c(C)nn(CN2CCN(S(=O)(=O)c3ccc(F)cc3)CC2)c1=S. The quantitative estimate of drug-likeness (QED) is 0.538. The number of benzene rings is 1. The van der Waals surface area contributed by atoms with Crippen molar-refractivity contribution in [3.8, 4) is 0 Å². The molecule has 1 aliphatic rings. The summed E-state index contributed by atoms with van der Waals surface area (Å²) in [6.07, 6.45) is 1.77. The molecule has 0 aliphatic carbocycles. The van der Waals surface area contributed by atoms with Crippen LogP contribution in [-0.2, 0) is 23.2 Å². The largest absolute Gasteiger partial charge is 0.300 e. The molecule has 0 saturated carbocycles. The highest BCUT2D eigenvalue weighted by Crippen LogP contribution is 2.18. The average molecular weight is 412 g/mol. The second-order valence-electron chi connectivity index (χ2n) is 6.35. The molecule has 1 saturated heterocycles. The summed E-state index contributed by atoms with van der Waals surface area (Å²) in [4.78, 5) is 2.22. The Morgan fingerprint density at radius 1 is 1.22 bits per heavy atom. The molecule has 1 aromatic carbocycles. The molecule has 0 bridgehead atoms. The predicted molar refractivity (Wildman–Crippen MR) is 103 cm³/mol. The van der Waals surface area contributed by atoms with Crippen LogP contribution in [0.1, 0.15) is 5.82 Å². The molecule has 1 aromatic heterocycles. The summed E-state index contributed by atoms with van der Waals surface area (Å²) in [5.74, 6) is 0.360. The average Bonchev–Trinajstić information content (AvgIpc) is 2.90. The van der Waals surface area contributed by atoms with Crippen LogP contribution in [0.25, 0.3) is 0 Å². The van der Waals surface area contributed by atoms with E-state index in [-0.39, 0.29) is 4.90 Å². The van der Waals surface area contributed by atoms with Gasteiger partial charge in [-0.1, -0.05) is 6.08 Å². The number of sulfonamides is 1. The van der Waals surface area contributed by atoms with Crippen LogP contribution < -0.4 is 0 Å². The van der Waals surface area contributed by atoms with Gasteiger partial charge >= 0.3 is 0 Å². The summed E-state index contributed by atoms with van der Waals surface area (Å²) in [6, 6.07) is 4.91. The summed E-state index contributed by atoms with van der Waals surface area (Å²) in [5.41, 5.74) is 0. The van der Waals surface area contributed by atoms with Crippen LogP contribution in [0.5, 0.6) is 0 Å². The van der Waals surface area contributed by atoms with E-state index in [1.807, 2.05) is 11.5 Å². The lowest BCUT2D eigenvalue weighted by atomic mass is 10.4. The molecule has 7 nitrogen and oxygen atoms in total. The zero-order valence-corrected chi connectivity index (χ0v) is 16.7. The smallest absolute Gasteiger partial charge is 0.243 e. The van der Waals surface area contributed by atoms with Crippen molar-refractivity contribution in [1.29, 1.82) is 0 Å². The fourth-order valence-corrected chi connectivity index (χ4v) is 4.76. The van der Waals surface area contributed by atoms with Crippen molar-refractivity contribution in [3.63, 3.8) is 0 Å². The Morgan fingerprint density at radius 3 is 2.44 bits per heavy atom. The third kappa shape index (κ3) is 4.18. The molecule has 1 aliphatic heterocycles. The summed E-state index contributed by atoms with van der Waals surface area (Å²) >= 11 is 5.46. The Balaban J connectivity index is 1.65. The number of piperazine rings is 1. The van der Waals surface area contributed by atoms with Gasteiger partial charge in [0.1, 0.15) is 11.6 Å². The molecule has 2 heterocycles. The maximum absolute atomic E-state index is 13.0. The predicted octanol–water partition coefficient (Wildman–Crippen LogP) is 2.01. The van der Waals surface area contributed by atoms with Crippen LogP contribution in [0.3, 0.4) is 0 Å². The van der Waals surface area contributed by atoms with Gasteiger partial charge in [-0.25, -0.2) is 17.5 Å².